The molecule has 0 radical (unpaired) electrons. The molecule has 2 heterocycles. The normalized spacial score (nSPS) is 13.2. The molecular weight excluding hydrogens is 314 g/mol. The summed E-state index contributed by atoms with van der Waals surface area (Å²) in [6, 6.07) is 5.50. The van der Waals surface area contributed by atoms with Crippen LogP contribution in [0.3, 0.4) is 0 Å². The van der Waals surface area contributed by atoms with Gasteiger partial charge in [0.25, 0.3) is 5.91 Å². The van der Waals surface area contributed by atoms with E-state index in [0.717, 1.165) is 47.4 Å². The van der Waals surface area contributed by atoms with Crippen molar-refractivity contribution < 1.29 is 4.79 Å². The van der Waals surface area contributed by atoms with E-state index in [-0.39, 0.29) is 5.91 Å². The van der Waals surface area contributed by atoms with Crippen molar-refractivity contribution in [3.05, 3.63) is 52.1 Å². The van der Waals surface area contributed by atoms with E-state index in [2.05, 4.69) is 20.2 Å². The van der Waals surface area contributed by atoms with E-state index in [0.29, 0.717) is 12.1 Å². The smallest absolute Gasteiger partial charge is 0.254 e. The first-order valence-electron chi connectivity index (χ1n) is 8.58. The zero-order valence-corrected chi connectivity index (χ0v) is 14.8. The van der Waals surface area contributed by atoms with Crippen LogP contribution >= 0.6 is 0 Å². The number of hydrogen-bond donors (Lipinski definition) is 1. The Kier molecular flexibility index (Phi) is 3.75. The molecule has 4 rings (SSSR count). The van der Waals surface area contributed by atoms with Gasteiger partial charge >= 0.3 is 0 Å². The highest BCUT2D eigenvalue weighted by molar-refractivity contribution is 5.97. The molecule has 25 heavy (non-hydrogen) atoms. The molecule has 1 aliphatic rings. The molecule has 1 aliphatic carbocycles. The van der Waals surface area contributed by atoms with Crippen LogP contribution in [0.25, 0.3) is 11.0 Å². The molecule has 1 N–H and O–H groups in total. The van der Waals surface area contributed by atoms with Crippen molar-refractivity contribution in [2.24, 2.45) is 0 Å². The van der Waals surface area contributed by atoms with E-state index in [1.165, 1.54) is 11.3 Å². The third-order valence-corrected chi connectivity index (χ3v) is 4.95. The molecule has 1 aromatic carbocycles. The average Bonchev–Trinajstić information content (AvgIpc) is 3.20. The van der Waals surface area contributed by atoms with Gasteiger partial charge in [0.05, 0.1) is 34.7 Å². The molecule has 6 heteroatoms. The highest BCUT2D eigenvalue weighted by Crippen LogP contribution is 2.24. The van der Waals surface area contributed by atoms with Crippen LogP contribution in [-0.4, -0.2) is 38.0 Å². The van der Waals surface area contributed by atoms with Crippen molar-refractivity contribution in [2.75, 3.05) is 7.05 Å². The van der Waals surface area contributed by atoms with Gasteiger partial charge in [-0.15, -0.1) is 0 Å². The van der Waals surface area contributed by atoms with Gasteiger partial charge in [0.15, 0.2) is 0 Å². The number of fused-ring (bicyclic) bond motifs is 2. The lowest BCUT2D eigenvalue weighted by atomic mass is 10.1. The van der Waals surface area contributed by atoms with Crippen LogP contribution in [0, 0.1) is 13.8 Å². The van der Waals surface area contributed by atoms with Crippen LogP contribution in [0.5, 0.6) is 0 Å². The SMILES string of the molecule is Cc1nc2ccc(C(=O)N(C)Cc3n[nH]c4c3CCC4)cc2nc1C. The highest BCUT2D eigenvalue weighted by atomic mass is 16.2. The molecule has 0 saturated carbocycles. The number of aromatic amines is 1. The van der Waals surface area contributed by atoms with Gasteiger partial charge in [-0.2, -0.15) is 5.10 Å². The number of aryl methyl sites for hydroxylation is 3. The standard InChI is InChI=1S/C19H21N5O/c1-11-12(2)21-17-9-13(7-8-16(17)20-11)19(25)24(3)10-18-14-5-4-6-15(14)22-23-18/h7-9H,4-6,10H2,1-3H3,(H,22,23). The second-order valence-electron chi connectivity index (χ2n) is 6.74. The maximum absolute atomic E-state index is 12.8. The molecule has 2 aromatic heterocycles. The van der Waals surface area contributed by atoms with Crippen LogP contribution in [0.1, 0.15) is 45.1 Å². The van der Waals surface area contributed by atoms with Crippen molar-refractivity contribution in [3.63, 3.8) is 0 Å². The monoisotopic (exact) mass is 335 g/mol. The molecule has 128 valence electrons. The predicted molar refractivity (Wildman–Crippen MR) is 95.4 cm³/mol. The predicted octanol–water partition coefficient (Wildman–Crippen LogP) is 2.73. The van der Waals surface area contributed by atoms with Gasteiger partial charge in [-0.3, -0.25) is 9.89 Å². The number of hydrogen-bond acceptors (Lipinski definition) is 4. The Labute approximate surface area is 146 Å². The van der Waals surface area contributed by atoms with Crippen LogP contribution in [0.4, 0.5) is 0 Å². The van der Waals surface area contributed by atoms with Gasteiger partial charge < -0.3 is 4.90 Å². The van der Waals surface area contributed by atoms with E-state index in [1.54, 1.807) is 4.90 Å². The number of amides is 1. The van der Waals surface area contributed by atoms with Crippen LogP contribution in [-0.2, 0) is 19.4 Å². The topological polar surface area (TPSA) is 74.8 Å². The molecule has 1 amide bonds. The summed E-state index contributed by atoms with van der Waals surface area (Å²) in [5.41, 5.74) is 7.48. The summed E-state index contributed by atoms with van der Waals surface area (Å²) >= 11 is 0. The summed E-state index contributed by atoms with van der Waals surface area (Å²) in [4.78, 5) is 23.6. The lowest BCUT2D eigenvalue weighted by Gasteiger charge is -2.17. The first kappa shape index (κ1) is 15.7. The zero-order chi connectivity index (χ0) is 17.6. The first-order chi connectivity index (χ1) is 12.0. The second kappa shape index (κ2) is 5.95. The molecule has 0 spiro atoms. The minimum absolute atomic E-state index is 0.0309. The maximum atomic E-state index is 12.8. The van der Waals surface area contributed by atoms with E-state index < -0.39 is 0 Å². The summed E-state index contributed by atoms with van der Waals surface area (Å²) < 4.78 is 0. The quantitative estimate of drug-likeness (QED) is 0.798. The Morgan fingerprint density at radius 1 is 1.16 bits per heavy atom. The highest BCUT2D eigenvalue weighted by Gasteiger charge is 2.21. The number of carbonyl (C=O) groups excluding carboxylic acids is 1. The number of aromatic nitrogens is 4. The summed E-state index contributed by atoms with van der Waals surface area (Å²) in [6.07, 6.45) is 3.27. The number of carbonyl (C=O) groups is 1. The van der Waals surface area contributed by atoms with E-state index in [1.807, 2.05) is 39.1 Å². The number of nitrogens with zero attached hydrogens (tertiary/aromatic N) is 4. The van der Waals surface area contributed by atoms with Gasteiger partial charge in [0, 0.05) is 18.3 Å². The molecule has 0 fully saturated rings. The molecule has 0 bridgehead atoms. The van der Waals surface area contributed by atoms with Crippen LogP contribution < -0.4 is 0 Å². The Bertz CT molecular complexity index is 975. The van der Waals surface area contributed by atoms with Crippen molar-refractivity contribution >= 4 is 16.9 Å². The lowest BCUT2D eigenvalue weighted by molar-refractivity contribution is 0.0783. The van der Waals surface area contributed by atoms with Crippen molar-refractivity contribution in [3.8, 4) is 0 Å². The molecule has 3 aromatic rings. The average molecular weight is 335 g/mol. The molecule has 0 saturated heterocycles. The molecular formula is C19H21N5O. The summed E-state index contributed by atoms with van der Waals surface area (Å²) in [5, 5.41) is 7.48. The van der Waals surface area contributed by atoms with E-state index in [9.17, 15) is 4.79 Å². The van der Waals surface area contributed by atoms with E-state index in [4.69, 9.17) is 0 Å². The Balaban J connectivity index is 1.59. The maximum Gasteiger partial charge on any atom is 0.254 e. The summed E-state index contributed by atoms with van der Waals surface area (Å²) in [7, 11) is 1.81. The number of nitrogens with one attached hydrogen (secondary N) is 1. The minimum atomic E-state index is -0.0309. The number of benzene rings is 1. The van der Waals surface area contributed by atoms with Gasteiger partial charge in [-0.05, 0) is 56.9 Å². The third-order valence-electron chi connectivity index (χ3n) is 4.95. The summed E-state index contributed by atoms with van der Waals surface area (Å²) in [6.45, 7) is 4.39. The van der Waals surface area contributed by atoms with Crippen molar-refractivity contribution in [1.82, 2.24) is 25.1 Å². The number of rotatable bonds is 3. The number of H-pyrrole nitrogens is 1. The second-order valence-corrected chi connectivity index (χ2v) is 6.74. The Hall–Kier alpha value is -2.76. The fraction of sp³-hybridized carbons (Fsp3) is 0.368. The molecule has 0 unspecified atom stereocenters. The fourth-order valence-electron chi connectivity index (χ4n) is 3.40. The third kappa shape index (κ3) is 2.77. The van der Waals surface area contributed by atoms with Crippen molar-refractivity contribution in [1.29, 1.82) is 0 Å². The zero-order valence-electron chi connectivity index (χ0n) is 14.8. The fourth-order valence-corrected chi connectivity index (χ4v) is 3.40. The van der Waals surface area contributed by atoms with E-state index >= 15 is 0 Å². The van der Waals surface area contributed by atoms with Crippen molar-refractivity contribution in [2.45, 2.75) is 39.7 Å². The van der Waals surface area contributed by atoms with Crippen LogP contribution in [0.2, 0.25) is 0 Å². The largest absolute Gasteiger partial charge is 0.336 e. The molecule has 0 atom stereocenters. The lowest BCUT2D eigenvalue weighted by Crippen LogP contribution is -2.26. The Morgan fingerprint density at radius 3 is 2.72 bits per heavy atom. The minimum Gasteiger partial charge on any atom is -0.336 e. The Morgan fingerprint density at radius 2 is 1.92 bits per heavy atom. The molecule has 6 nitrogen and oxygen atoms in total. The summed E-state index contributed by atoms with van der Waals surface area (Å²) in [5.74, 6) is -0.0309. The van der Waals surface area contributed by atoms with Gasteiger partial charge in [0.2, 0.25) is 0 Å². The van der Waals surface area contributed by atoms with Gasteiger partial charge in [-0.25, -0.2) is 9.97 Å². The first-order valence-corrected chi connectivity index (χ1v) is 8.58. The molecule has 0 aliphatic heterocycles. The van der Waals surface area contributed by atoms with Gasteiger partial charge in [0.1, 0.15) is 0 Å². The van der Waals surface area contributed by atoms with Gasteiger partial charge in [-0.1, -0.05) is 0 Å². The van der Waals surface area contributed by atoms with Crippen LogP contribution in [0.15, 0.2) is 18.2 Å².